The Morgan fingerprint density at radius 3 is 2.34 bits per heavy atom. The van der Waals surface area contributed by atoms with Crippen LogP contribution in [0.3, 0.4) is 0 Å². The fourth-order valence-electron chi connectivity index (χ4n) is 4.46. The SMILES string of the molecule is Cc1cccc(NC(=O)CN2CCN(C(=O)Cc3c(C)nn(-c4ccc(Cl)cc4)c3C)CC2)c1C. The highest BCUT2D eigenvalue weighted by Crippen LogP contribution is 2.21. The fourth-order valence-corrected chi connectivity index (χ4v) is 4.59. The Balaban J connectivity index is 1.31. The average molecular weight is 494 g/mol. The lowest BCUT2D eigenvalue weighted by atomic mass is 10.1. The van der Waals surface area contributed by atoms with E-state index in [1.54, 1.807) is 0 Å². The van der Waals surface area contributed by atoms with Gasteiger partial charge in [0.2, 0.25) is 11.8 Å². The Labute approximate surface area is 211 Å². The highest BCUT2D eigenvalue weighted by atomic mass is 35.5. The van der Waals surface area contributed by atoms with Gasteiger partial charge in [0.1, 0.15) is 0 Å². The van der Waals surface area contributed by atoms with Gasteiger partial charge in [-0.3, -0.25) is 14.5 Å². The van der Waals surface area contributed by atoms with Crippen molar-refractivity contribution in [2.45, 2.75) is 34.1 Å². The fraction of sp³-hybridized carbons (Fsp3) is 0.370. The predicted octanol–water partition coefficient (Wildman–Crippen LogP) is 4.08. The number of hydrogen-bond acceptors (Lipinski definition) is 4. The van der Waals surface area contributed by atoms with E-state index in [9.17, 15) is 9.59 Å². The summed E-state index contributed by atoms with van der Waals surface area (Å²) in [6, 6.07) is 13.4. The van der Waals surface area contributed by atoms with E-state index in [1.165, 1.54) is 0 Å². The van der Waals surface area contributed by atoms with Crippen LogP contribution < -0.4 is 5.32 Å². The van der Waals surface area contributed by atoms with Crippen LogP contribution >= 0.6 is 11.6 Å². The number of piperazine rings is 1. The van der Waals surface area contributed by atoms with Crippen LogP contribution in [0.15, 0.2) is 42.5 Å². The normalized spacial score (nSPS) is 14.3. The Morgan fingerprint density at radius 1 is 0.971 bits per heavy atom. The topological polar surface area (TPSA) is 70.5 Å². The molecule has 0 bridgehead atoms. The Hall–Kier alpha value is -3.16. The molecule has 2 amide bonds. The van der Waals surface area contributed by atoms with Crippen LogP contribution in [0, 0.1) is 27.7 Å². The van der Waals surface area contributed by atoms with Crippen LogP contribution in [0.25, 0.3) is 5.69 Å². The number of halogens is 1. The van der Waals surface area contributed by atoms with Crippen molar-refractivity contribution in [2.75, 3.05) is 38.0 Å². The minimum absolute atomic E-state index is 0.0284. The number of nitrogens with zero attached hydrogens (tertiary/aromatic N) is 4. The third kappa shape index (κ3) is 5.74. The lowest BCUT2D eigenvalue weighted by Crippen LogP contribution is -2.50. The molecule has 0 radical (unpaired) electrons. The van der Waals surface area contributed by atoms with E-state index < -0.39 is 0 Å². The number of rotatable bonds is 6. The van der Waals surface area contributed by atoms with Gasteiger partial charge in [-0.05, 0) is 69.2 Å². The van der Waals surface area contributed by atoms with Gasteiger partial charge in [-0.15, -0.1) is 0 Å². The second kappa shape index (κ2) is 10.6. The lowest BCUT2D eigenvalue weighted by Gasteiger charge is -2.34. The van der Waals surface area contributed by atoms with Gasteiger partial charge in [0.15, 0.2) is 0 Å². The molecule has 2 aromatic carbocycles. The quantitative estimate of drug-likeness (QED) is 0.561. The summed E-state index contributed by atoms with van der Waals surface area (Å²) in [4.78, 5) is 29.6. The van der Waals surface area contributed by atoms with E-state index in [0.29, 0.717) is 44.2 Å². The maximum Gasteiger partial charge on any atom is 0.238 e. The number of benzene rings is 2. The summed E-state index contributed by atoms with van der Waals surface area (Å²) in [5.74, 6) is 0.0608. The van der Waals surface area contributed by atoms with Gasteiger partial charge in [-0.2, -0.15) is 5.10 Å². The third-order valence-corrected chi connectivity index (χ3v) is 7.06. The highest BCUT2D eigenvalue weighted by Gasteiger charge is 2.25. The van der Waals surface area contributed by atoms with E-state index in [-0.39, 0.29) is 11.8 Å². The highest BCUT2D eigenvalue weighted by molar-refractivity contribution is 6.30. The van der Waals surface area contributed by atoms with Gasteiger partial charge >= 0.3 is 0 Å². The number of carbonyl (C=O) groups excluding carboxylic acids is 2. The summed E-state index contributed by atoms with van der Waals surface area (Å²) >= 11 is 6.01. The maximum absolute atomic E-state index is 13.1. The van der Waals surface area contributed by atoms with Crippen molar-refractivity contribution in [3.63, 3.8) is 0 Å². The van der Waals surface area contributed by atoms with Crippen molar-refractivity contribution in [3.05, 3.63) is 75.6 Å². The molecule has 3 aromatic rings. The van der Waals surface area contributed by atoms with Gasteiger partial charge in [-0.25, -0.2) is 4.68 Å². The second-order valence-electron chi connectivity index (χ2n) is 9.17. The number of nitrogens with one attached hydrogen (secondary N) is 1. The summed E-state index contributed by atoms with van der Waals surface area (Å²) < 4.78 is 1.86. The standard InChI is InChI=1S/C27H32ClN5O2/c1-18-6-5-7-25(19(18)2)29-26(34)17-31-12-14-32(15-13-31)27(35)16-24-20(3)30-33(21(24)4)23-10-8-22(28)9-11-23/h5-11H,12-17H2,1-4H3,(H,29,34). The van der Waals surface area contributed by atoms with Crippen LogP contribution in [-0.2, 0) is 16.0 Å². The molecule has 0 aliphatic carbocycles. The van der Waals surface area contributed by atoms with Crippen LogP contribution in [0.4, 0.5) is 5.69 Å². The molecule has 8 heteroatoms. The first-order valence-corrected chi connectivity index (χ1v) is 12.3. The molecule has 4 rings (SSSR count). The molecule has 2 heterocycles. The first-order valence-electron chi connectivity index (χ1n) is 11.9. The number of hydrogen-bond donors (Lipinski definition) is 1. The molecule has 184 valence electrons. The molecule has 0 spiro atoms. The molecular weight excluding hydrogens is 462 g/mol. The molecule has 7 nitrogen and oxygen atoms in total. The minimum Gasteiger partial charge on any atom is -0.340 e. The zero-order valence-electron chi connectivity index (χ0n) is 20.8. The molecule has 1 fully saturated rings. The Kier molecular flexibility index (Phi) is 7.57. The lowest BCUT2D eigenvalue weighted by molar-refractivity contribution is -0.132. The van der Waals surface area contributed by atoms with Crippen molar-refractivity contribution in [1.29, 1.82) is 0 Å². The smallest absolute Gasteiger partial charge is 0.238 e. The van der Waals surface area contributed by atoms with E-state index in [0.717, 1.165) is 39.5 Å². The molecule has 35 heavy (non-hydrogen) atoms. The van der Waals surface area contributed by atoms with Crippen LogP contribution in [0.1, 0.15) is 28.1 Å². The summed E-state index contributed by atoms with van der Waals surface area (Å²) in [7, 11) is 0. The summed E-state index contributed by atoms with van der Waals surface area (Å²) in [6.45, 7) is 10.9. The molecule has 0 saturated carbocycles. The number of amides is 2. The molecule has 1 aromatic heterocycles. The van der Waals surface area contributed by atoms with Crippen molar-refractivity contribution < 1.29 is 9.59 Å². The molecular formula is C27H32ClN5O2. The minimum atomic E-state index is -0.0284. The summed E-state index contributed by atoms with van der Waals surface area (Å²) in [5.41, 5.74) is 6.78. The third-order valence-electron chi connectivity index (χ3n) is 6.81. The van der Waals surface area contributed by atoms with Crippen LogP contribution in [0.5, 0.6) is 0 Å². The molecule has 1 N–H and O–H groups in total. The molecule has 1 aliphatic rings. The summed E-state index contributed by atoms with van der Waals surface area (Å²) in [6.07, 6.45) is 0.318. The maximum atomic E-state index is 13.1. The first kappa shape index (κ1) is 24.9. The Morgan fingerprint density at radius 2 is 1.66 bits per heavy atom. The van der Waals surface area contributed by atoms with Crippen molar-refractivity contribution in [1.82, 2.24) is 19.6 Å². The molecule has 0 atom stereocenters. The summed E-state index contributed by atoms with van der Waals surface area (Å²) in [5, 5.41) is 8.34. The van der Waals surface area contributed by atoms with Gasteiger partial charge in [0.25, 0.3) is 0 Å². The second-order valence-corrected chi connectivity index (χ2v) is 9.60. The van der Waals surface area contributed by atoms with E-state index in [2.05, 4.69) is 15.3 Å². The van der Waals surface area contributed by atoms with Gasteiger partial charge in [-0.1, -0.05) is 23.7 Å². The van der Waals surface area contributed by atoms with Crippen molar-refractivity contribution in [2.24, 2.45) is 0 Å². The number of aromatic nitrogens is 2. The van der Waals surface area contributed by atoms with Crippen molar-refractivity contribution >= 4 is 29.1 Å². The largest absolute Gasteiger partial charge is 0.340 e. The van der Waals surface area contributed by atoms with Gasteiger partial charge in [0, 0.05) is 48.1 Å². The number of anilines is 1. The van der Waals surface area contributed by atoms with E-state index in [1.807, 2.05) is 79.7 Å². The molecule has 0 unspecified atom stereocenters. The Bertz CT molecular complexity index is 1230. The molecule has 1 saturated heterocycles. The first-order chi connectivity index (χ1) is 16.7. The van der Waals surface area contributed by atoms with Gasteiger partial charge < -0.3 is 10.2 Å². The average Bonchev–Trinajstić information content (AvgIpc) is 3.11. The van der Waals surface area contributed by atoms with E-state index >= 15 is 0 Å². The van der Waals surface area contributed by atoms with Crippen molar-refractivity contribution in [3.8, 4) is 5.69 Å². The predicted molar refractivity (Wildman–Crippen MR) is 139 cm³/mol. The zero-order valence-corrected chi connectivity index (χ0v) is 21.5. The van der Waals surface area contributed by atoms with E-state index in [4.69, 9.17) is 11.6 Å². The van der Waals surface area contributed by atoms with Gasteiger partial charge in [0.05, 0.1) is 24.3 Å². The number of aryl methyl sites for hydroxylation is 2. The number of carbonyl (C=O) groups is 2. The monoisotopic (exact) mass is 493 g/mol. The van der Waals surface area contributed by atoms with Crippen LogP contribution in [-0.4, -0.2) is 64.1 Å². The zero-order chi connectivity index (χ0) is 25.1. The molecule has 1 aliphatic heterocycles. The van der Waals surface area contributed by atoms with Crippen LogP contribution in [0.2, 0.25) is 5.02 Å².